The highest BCUT2D eigenvalue weighted by molar-refractivity contribution is 8.00. The Labute approximate surface area is 112 Å². The maximum atomic E-state index is 12.1. The van der Waals surface area contributed by atoms with E-state index < -0.39 is 0 Å². The van der Waals surface area contributed by atoms with Crippen LogP contribution in [0.5, 0.6) is 0 Å². The molecule has 1 aromatic carbocycles. The summed E-state index contributed by atoms with van der Waals surface area (Å²) >= 11 is 1.62. The minimum atomic E-state index is -0.0352. The summed E-state index contributed by atoms with van der Waals surface area (Å²) in [4.78, 5) is 16.2. The first-order valence-electron chi connectivity index (χ1n) is 6.00. The maximum Gasteiger partial charge on any atom is 0.252 e. The molecule has 18 heavy (non-hydrogen) atoms. The fourth-order valence-corrected chi connectivity index (χ4v) is 2.42. The van der Waals surface area contributed by atoms with E-state index in [0.717, 1.165) is 5.88 Å². The van der Waals surface area contributed by atoms with Gasteiger partial charge in [0.1, 0.15) is 5.37 Å². The van der Waals surface area contributed by atoms with Crippen molar-refractivity contribution in [3.8, 4) is 0 Å². The van der Waals surface area contributed by atoms with Gasteiger partial charge < -0.3 is 5.32 Å². The van der Waals surface area contributed by atoms with Crippen molar-refractivity contribution in [3.05, 3.63) is 35.4 Å². The summed E-state index contributed by atoms with van der Waals surface area (Å²) in [5.41, 5.74) is 1.94. The second kappa shape index (κ2) is 5.14. The van der Waals surface area contributed by atoms with Gasteiger partial charge >= 0.3 is 0 Å². The molecule has 0 saturated carbocycles. The van der Waals surface area contributed by atoms with Crippen LogP contribution in [0.1, 0.15) is 36.7 Å². The van der Waals surface area contributed by atoms with Crippen LogP contribution in [0, 0.1) is 0 Å². The van der Waals surface area contributed by atoms with E-state index in [1.807, 2.05) is 18.2 Å². The molecule has 96 valence electrons. The van der Waals surface area contributed by atoms with Gasteiger partial charge in [0.2, 0.25) is 0 Å². The lowest BCUT2D eigenvalue weighted by atomic mass is 9.86. The zero-order valence-corrected chi connectivity index (χ0v) is 11.8. The summed E-state index contributed by atoms with van der Waals surface area (Å²) in [6, 6.07) is 7.81. The number of nitrogens with zero attached hydrogens (tertiary/aromatic N) is 1. The summed E-state index contributed by atoms with van der Waals surface area (Å²) < 4.78 is 0. The molecule has 2 rings (SSSR count). The van der Waals surface area contributed by atoms with E-state index in [9.17, 15) is 4.79 Å². The molecular weight excluding hydrogens is 244 g/mol. The molecular formula is C14H18N2OS. The molecule has 3 nitrogen and oxygen atoms in total. The Hall–Kier alpha value is -1.29. The van der Waals surface area contributed by atoms with E-state index in [-0.39, 0.29) is 16.7 Å². The van der Waals surface area contributed by atoms with Crippen LogP contribution in [0.3, 0.4) is 0 Å². The fraction of sp³-hybridized carbons (Fsp3) is 0.429. The molecule has 1 amide bonds. The average Bonchev–Trinajstić information content (AvgIpc) is 2.81. The van der Waals surface area contributed by atoms with E-state index in [0.29, 0.717) is 5.56 Å². The van der Waals surface area contributed by atoms with Gasteiger partial charge in [-0.3, -0.25) is 9.79 Å². The number of carbonyl (C=O) groups is 1. The molecule has 1 heterocycles. The van der Waals surface area contributed by atoms with Crippen molar-refractivity contribution < 1.29 is 4.79 Å². The van der Waals surface area contributed by atoms with Crippen LogP contribution in [0.15, 0.2) is 29.3 Å². The van der Waals surface area contributed by atoms with E-state index >= 15 is 0 Å². The number of benzene rings is 1. The Morgan fingerprint density at radius 1 is 1.44 bits per heavy atom. The zero-order valence-electron chi connectivity index (χ0n) is 10.9. The van der Waals surface area contributed by atoms with Gasteiger partial charge in [-0.05, 0) is 23.1 Å². The van der Waals surface area contributed by atoms with Crippen LogP contribution in [0.4, 0.5) is 0 Å². The molecule has 0 saturated heterocycles. The Morgan fingerprint density at radius 3 is 2.83 bits per heavy atom. The molecule has 1 aromatic rings. The van der Waals surface area contributed by atoms with Crippen LogP contribution in [-0.4, -0.2) is 23.4 Å². The summed E-state index contributed by atoms with van der Waals surface area (Å²) in [6.45, 7) is 6.43. The maximum absolute atomic E-state index is 12.1. The molecule has 0 aliphatic carbocycles. The first kappa shape index (κ1) is 13.1. The smallest absolute Gasteiger partial charge is 0.252 e. The molecule has 1 unspecified atom stereocenters. The zero-order chi connectivity index (χ0) is 13.2. The third-order valence-corrected chi connectivity index (χ3v) is 3.73. The number of thioether (sulfide) groups is 1. The number of hydrogen-bond acceptors (Lipinski definition) is 3. The van der Waals surface area contributed by atoms with Crippen molar-refractivity contribution in [1.82, 2.24) is 5.32 Å². The molecule has 1 aliphatic rings. The van der Waals surface area contributed by atoms with Crippen molar-refractivity contribution in [3.63, 3.8) is 0 Å². The third kappa shape index (κ3) is 3.13. The van der Waals surface area contributed by atoms with Crippen LogP contribution in [0.2, 0.25) is 0 Å². The van der Waals surface area contributed by atoms with Gasteiger partial charge in [0.05, 0.1) is 5.88 Å². The van der Waals surface area contributed by atoms with E-state index in [1.54, 1.807) is 18.0 Å². The number of nitrogens with one attached hydrogen (secondary N) is 1. The molecule has 1 atom stereocenters. The highest BCUT2D eigenvalue weighted by atomic mass is 32.2. The first-order chi connectivity index (χ1) is 8.47. The van der Waals surface area contributed by atoms with Crippen LogP contribution < -0.4 is 5.32 Å². The van der Waals surface area contributed by atoms with Crippen LogP contribution >= 0.6 is 11.8 Å². The van der Waals surface area contributed by atoms with E-state index in [2.05, 4.69) is 37.1 Å². The van der Waals surface area contributed by atoms with Crippen LogP contribution in [-0.2, 0) is 5.41 Å². The van der Waals surface area contributed by atoms with E-state index in [4.69, 9.17) is 0 Å². The fourth-order valence-electron chi connectivity index (χ4n) is 1.72. The Kier molecular flexibility index (Phi) is 3.76. The second-order valence-corrected chi connectivity index (χ2v) is 6.45. The molecule has 0 fully saturated rings. The SMILES string of the molecule is CC(C)(C)c1cccc(C(=O)NC2C=NCS2)c1. The van der Waals surface area contributed by atoms with Crippen molar-refractivity contribution in [2.24, 2.45) is 4.99 Å². The number of amides is 1. The summed E-state index contributed by atoms with van der Waals surface area (Å²) in [5, 5.41) is 2.96. The largest absolute Gasteiger partial charge is 0.335 e. The molecule has 1 N–H and O–H groups in total. The summed E-state index contributed by atoms with van der Waals surface area (Å²) in [6.07, 6.45) is 1.79. The summed E-state index contributed by atoms with van der Waals surface area (Å²) in [5.74, 6) is 0.694. The van der Waals surface area contributed by atoms with Crippen molar-refractivity contribution in [2.75, 3.05) is 5.88 Å². The van der Waals surface area contributed by atoms with Crippen LogP contribution in [0.25, 0.3) is 0 Å². The molecule has 0 spiro atoms. The first-order valence-corrected chi connectivity index (χ1v) is 7.05. The number of carbonyl (C=O) groups excluding carboxylic acids is 1. The van der Waals surface area contributed by atoms with Gasteiger partial charge in [0, 0.05) is 11.8 Å². The quantitative estimate of drug-likeness (QED) is 0.890. The Morgan fingerprint density at radius 2 is 2.22 bits per heavy atom. The predicted octanol–water partition coefficient (Wildman–Crippen LogP) is 2.82. The Balaban J connectivity index is 2.12. The number of rotatable bonds is 2. The van der Waals surface area contributed by atoms with Crippen molar-refractivity contribution in [1.29, 1.82) is 0 Å². The third-order valence-electron chi connectivity index (χ3n) is 2.83. The van der Waals surface area contributed by atoms with Gasteiger partial charge in [-0.25, -0.2) is 0 Å². The topological polar surface area (TPSA) is 41.5 Å². The standard InChI is InChI=1S/C14H18N2OS/c1-14(2,3)11-6-4-5-10(7-11)13(17)16-12-8-15-9-18-12/h4-8,12H,9H2,1-3H3,(H,16,17). The predicted molar refractivity (Wildman–Crippen MR) is 77.3 cm³/mol. The van der Waals surface area contributed by atoms with Gasteiger partial charge in [-0.2, -0.15) is 0 Å². The molecule has 4 heteroatoms. The molecule has 1 aliphatic heterocycles. The highest BCUT2D eigenvalue weighted by Gasteiger charge is 2.18. The van der Waals surface area contributed by atoms with Crippen molar-refractivity contribution >= 4 is 23.9 Å². The van der Waals surface area contributed by atoms with Gasteiger partial charge in [0.15, 0.2) is 0 Å². The molecule has 0 bridgehead atoms. The molecule has 0 radical (unpaired) electrons. The average molecular weight is 262 g/mol. The number of hydrogen-bond donors (Lipinski definition) is 1. The lowest BCUT2D eigenvalue weighted by Gasteiger charge is -2.19. The lowest BCUT2D eigenvalue weighted by Crippen LogP contribution is -2.32. The monoisotopic (exact) mass is 262 g/mol. The van der Waals surface area contributed by atoms with Gasteiger partial charge in [-0.15, -0.1) is 11.8 Å². The summed E-state index contributed by atoms with van der Waals surface area (Å²) in [7, 11) is 0. The number of aliphatic imine (C=N–C) groups is 1. The van der Waals surface area contributed by atoms with Crippen molar-refractivity contribution in [2.45, 2.75) is 31.6 Å². The highest BCUT2D eigenvalue weighted by Crippen LogP contribution is 2.23. The lowest BCUT2D eigenvalue weighted by molar-refractivity contribution is 0.0956. The minimum absolute atomic E-state index is 0.00999. The van der Waals surface area contributed by atoms with Gasteiger partial charge in [0.25, 0.3) is 5.91 Å². The second-order valence-electron chi connectivity index (χ2n) is 5.35. The van der Waals surface area contributed by atoms with Gasteiger partial charge in [-0.1, -0.05) is 32.9 Å². The molecule has 0 aromatic heterocycles. The Bertz CT molecular complexity index is 477. The normalized spacial score (nSPS) is 18.9. The minimum Gasteiger partial charge on any atom is -0.335 e. The van der Waals surface area contributed by atoms with E-state index in [1.165, 1.54) is 5.56 Å².